The Bertz CT molecular complexity index is 1160. The maximum atomic E-state index is 12.6. The first-order chi connectivity index (χ1) is 15.1. The van der Waals surface area contributed by atoms with Crippen molar-refractivity contribution in [1.82, 2.24) is 0 Å². The molecule has 0 amide bonds. The first-order valence-electron chi connectivity index (χ1n) is 9.60. The minimum absolute atomic E-state index is 0.133. The molecule has 0 radical (unpaired) electrons. The Morgan fingerprint density at radius 2 is 1.65 bits per heavy atom. The summed E-state index contributed by atoms with van der Waals surface area (Å²) >= 11 is 0. The van der Waals surface area contributed by atoms with Crippen LogP contribution in [0.25, 0.3) is 6.08 Å². The van der Waals surface area contributed by atoms with Crippen LogP contribution in [0.4, 0.5) is 0 Å². The van der Waals surface area contributed by atoms with Crippen LogP contribution in [0.15, 0.2) is 72.5 Å². The largest absolute Gasteiger partial charge is 0.497 e. The van der Waals surface area contributed by atoms with Gasteiger partial charge in [0.05, 0.1) is 19.8 Å². The number of carbonyl (C=O) groups excluding carboxylic acids is 2. The van der Waals surface area contributed by atoms with Crippen molar-refractivity contribution in [3.8, 4) is 23.0 Å². The molecular weight excluding hydrogens is 396 g/mol. The fourth-order valence-corrected chi connectivity index (χ4v) is 3.15. The molecule has 4 rings (SSSR count). The van der Waals surface area contributed by atoms with Gasteiger partial charge in [-0.2, -0.15) is 0 Å². The SMILES string of the molecule is COc1ccc(C(=O)COc2ccc3c(c2)O/C(=C\c2cccc(OC)c2)C3=O)cc1. The van der Waals surface area contributed by atoms with E-state index in [0.29, 0.717) is 34.1 Å². The highest BCUT2D eigenvalue weighted by Gasteiger charge is 2.27. The summed E-state index contributed by atoms with van der Waals surface area (Å²) in [5.41, 5.74) is 1.76. The molecule has 3 aromatic rings. The summed E-state index contributed by atoms with van der Waals surface area (Å²) in [6, 6.07) is 19.0. The molecule has 0 saturated heterocycles. The summed E-state index contributed by atoms with van der Waals surface area (Å²) in [7, 11) is 3.15. The van der Waals surface area contributed by atoms with Crippen molar-refractivity contribution >= 4 is 17.6 Å². The number of hydrogen-bond acceptors (Lipinski definition) is 6. The van der Waals surface area contributed by atoms with E-state index in [9.17, 15) is 9.59 Å². The molecule has 0 aromatic heterocycles. The third-order valence-corrected chi connectivity index (χ3v) is 4.81. The maximum absolute atomic E-state index is 12.6. The molecule has 0 unspecified atom stereocenters. The van der Waals surface area contributed by atoms with Crippen LogP contribution in [0.1, 0.15) is 26.3 Å². The standard InChI is InChI=1S/C25H20O6/c1-28-18-8-6-17(7-9-18)22(26)15-30-20-10-11-21-23(14-20)31-24(25(21)27)13-16-4-3-5-19(12-16)29-2/h3-14H,15H2,1-2H3/b24-13-. The van der Waals surface area contributed by atoms with E-state index in [1.165, 1.54) is 0 Å². The lowest BCUT2D eigenvalue weighted by Gasteiger charge is -2.07. The summed E-state index contributed by atoms with van der Waals surface area (Å²) in [5, 5.41) is 0. The van der Waals surface area contributed by atoms with Gasteiger partial charge in [-0.15, -0.1) is 0 Å². The van der Waals surface area contributed by atoms with Crippen LogP contribution >= 0.6 is 0 Å². The molecule has 156 valence electrons. The topological polar surface area (TPSA) is 71.1 Å². The number of carbonyl (C=O) groups is 2. The number of hydrogen-bond donors (Lipinski definition) is 0. The van der Waals surface area contributed by atoms with Gasteiger partial charge in [-0.05, 0) is 60.2 Å². The van der Waals surface area contributed by atoms with E-state index in [0.717, 1.165) is 5.56 Å². The van der Waals surface area contributed by atoms with Gasteiger partial charge in [0.1, 0.15) is 23.0 Å². The minimum Gasteiger partial charge on any atom is -0.497 e. The number of ketones is 2. The van der Waals surface area contributed by atoms with Crippen molar-refractivity contribution in [1.29, 1.82) is 0 Å². The van der Waals surface area contributed by atoms with Crippen molar-refractivity contribution < 1.29 is 28.5 Å². The fourth-order valence-electron chi connectivity index (χ4n) is 3.15. The first kappa shape index (κ1) is 20.2. The molecule has 6 heteroatoms. The Morgan fingerprint density at radius 1 is 0.903 bits per heavy atom. The van der Waals surface area contributed by atoms with Gasteiger partial charge >= 0.3 is 0 Å². The lowest BCUT2D eigenvalue weighted by molar-refractivity contribution is 0.0920. The van der Waals surface area contributed by atoms with E-state index in [-0.39, 0.29) is 23.9 Å². The highest BCUT2D eigenvalue weighted by molar-refractivity contribution is 6.14. The van der Waals surface area contributed by atoms with Gasteiger partial charge < -0.3 is 18.9 Å². The van der Waals surface area contributed by atoms with E-state index >= 15 is 0 Å². The van der Waals surface area contributed by atoms with Gasteiger partial charge in [0.15, 0.2) is 18.1 Å². The molecule has 31 heavy (non-hydrogen) atoms. The lowest BCUT2D eigenvalue weighted by atomic mass is 10.1. The first-order valence-corrected chi connectivity index (χ1v) is 9.60. The monoisotopic (exact) mass is 416 g/mol. The summed E-state index contributed by atoms with van der Waals surface area (Å²) in [5.74, 6) is 2.04. The average Bonchev–Trinajstić information content (AvgIpc) is 3.12. The van der Waals surface area contributed by atoms with Crippen molar-refractivity contribution in [3.05, 3.63) is 89.2 Å². The van der Waals surface area contributed by atoms with Gasteiger partial charge in [-0.3, -0.25) is 9.59 Å². The molecule has 0 spiro atoms. The molecular formula is C25H20O6. The average molecular weight is 416 g/mol. The van der Waals surface area contributed by atoms with Gasteiger partial charge in [-0.25, -0.2) is 0 Å². The quantitative estimate of drug-likeness (QED) is 0.415. The number of fused-ring (bicyclic) bond motifs is 1. The second kappa shape index (κ2) is 8.75. The molecule has 1 aliphatic rings. The normalized spacial score (nSPS) is 13.5. The third kappa shape index (κ3) is 4.43. The number of allylic oxidation sites excluding steroid dienone is 1. The Hall–Kier alpha value is -4.06. The van der Waals surface area contributed by atoms with Crippen molar-refractivity contribution in [2.45, 2.75) is 0 Å². The number of rotatable bonds is 7. The molecule has 0 fully saturated rings. The number of methoxy groups -OCH3 is 2. The molecule has 0 bridgehead atoms. The van der Waals surface area contributed by atoms with E-state index in [2.05, 4.69) is 0 Å². The highest BCUT2D eigenvalue weighted by Crippen LogP contribution is 2.35. The zero-order valence-electron chi connectivity index (χ0n) is 17.1. The van der Waals surface area contributed by atoms with Crippen molar-refractivity contribution in [3.63, 3.8) is 0 Å². The fraction of sp³-hybridized carbons (Fsp3) is 0.120. The van der Waals surface area contributed by atoms with Gasteiger partial charge in [0, 0.05) is 11.6 Å². The molecule has 3 aromatic carbocycles. The summed E-state index contributed by atoms with van der Waals surface area (Å²) < 4.78 is 21.7. The predicted octanol–water partition coefficient (Wildman–Crippen LogP) is 4.58. The van der Waals surface area contributed by atoms with Crippen LogP contribution in [0, 0.1) is 0 Å². The second-order valence-electron chi connectivity index (χ2n) is 6.81. The van der Waals surface area contributed by atoms with Gasteiger partial charge in [0.25, 0.3) is 0 Å². The maximum Gasteiger partial charge on any atom is 0.231 e. The lowest BCUT2D eigenvalue weighted by Crippen LogP contribution is -2.11. The number of ether oxygens (including phenoxy) is 4. The summed E-state index contributed by atoms with van der Waals surface area (Å²) in [6.45, 7) is -0.133. The summed E-state index contributed by atoms with van der Waals surface area (Å²) in [4.78, 5) is 25.0. The smallest absolute Gasteiger partial charge is 0.231 e. The van der Waals surface area contributed by atoms with Crippen LogP contribution in [-0.4, -0.2) is 32.4 Å². The van der Waals surface area contributed by atoms with Crippen LogP contribution in [-0.2, 0) is 0 Å². The molecule has 0 atom stereocenters. The minimum atomic E-state index is -0.210. The van der Waals surface area contributed by atoms with Crippen molar-refractivity contribution in [2.75, 3.05) is 20.8 Å². The van der Waals surface area contributed by atoms with Crippen LogP contribution in [0.2, 0.25) is 0 Å². The van der Waals surface area contributed by atoms with Gasteiger partial charge in [0.2, 0.25) is 5.78 Å². The summed E-state index contributed by atoms with van der Waals surface area (Å²) in [6.07, 6.45) is 1.67. The highest BCUT2D eigenvalue weighted by atomic mass is 16.5. The molecule has 0 aliphatic carbocycles. The Balaban J connectivity index is 1.45. The second-order valence-corrected chi connectivity index (χ2v) is 6.81. The van der Waals surface area contributed by atoms with Crippen molar-refractivity contribution in [2.24, 2.45) is 0 Å². The Labute approximate surface area is 179 Å². The molecule has 1 aliphatic heterocycles. The van der Waals surface area contributed by atoms with E-state index in [4.69, 9.17) is 18.9 Å². The Morgan fingerprint density at radius 3 is 2.39 bits per heavy atom. The Kier molecular flexibility index (Phi) is 5.71. The molecule has 0 saturated carbocycles. The van der Waals surface area contributed by atoms with Gasteiger partial charge in [-0.1, -0.05) is 12.1 Å². The van der Waals surface area contributed by atoms with E-state index in [1.807, 2.05) is 24.3 Å². The zero-order valence-corrected chi connectivity index (χ0v) is 17.1. The molecule has 1 heterocycles. The molecule has 6 nitrogen and oxygen atoms in total. The van der Waals surface area contributed by atoms with E-state index in [1.54, 1.807) is 62.8 Å². The van der Waals surface area contributed by atoms with Crippen LogP contribution in [0.5, 0.6) is 23.0 Å². The van der Waals surface area contributed by atoms with E-state index < -0.39 is 0 Å². The molecule has 0 N–H and O–H groups in total. The predicted molar refractivity (Wildman–Crippen MR) is 115 cm³/mol. The zero-order chi connectivity index (χ0) is 21.8. The number of Topliss-reactive ketones (excluding diaryl/α,β-unsaturated/α-hetero) is 2. The third-order valence-electron chi connectivity index (χ3n) is 4.81. The van der Waals surface area contributed by atoms with Crippen LogP contribution < -0.4 is 18.9 Å². The van der Waals surface area contributed by atoms with Crippen LogP contribution in [0.3, 0.4) is 0 Å². The number of benzene rings is 3.